The number of urea groups is 1. The van der Waals surface area contributed by atoms with Gasteiger partial charge in [0.2, 0.25) is 0 Å². The molecule has 0 rings (SSSR count). The Hall–Kier alpha value is -1.30. The van der Waals surface area contributed by atoms with E-state index in [1.165, 1.54) is 12.0 Å². The number of nitrogens with zero attached hydrogens (tertiary/aromatic N) is 1. The molecule has 6 heteroatoms. The summed E-state index contributed by atoms with van der Waals surface area (Å²) in [6.07, 6.45) is -0.996. The van der Waals surface area contributed by atoms with E-state index in [0.29, 0.717) is 6.54 Å². The topological polar surface area (TPSA) is 78.9 Å². The smallest absolute Gasteiger partial charge is 0.334 e. The number of carboxylic acid groups (broad SMARTS) is 1. The molecule has 2 amide bonds. The molecule has 14 heavy (non-hydrogen) atoms. The molecule has 0 aliphatic carbocycles. The Morgan fingerprint density at radius 2 is 2.14 bits per heavy atom. The van der Waals surface area contributed by atoms with Crippen molar-refractivity contribution in [1.82, 2.24) is 10.2 Å². The van der Waals surface area contributed by atoms with Gasteiger partial charge < -0.3 is 20.1 Å². The molecular weight excluding hydrogens is 188 g/mol. The second-order valence-electron chi connectivity index (χ2n) is 2.76. The average molecular weight is 204 g/mol. The fourth-order valence-electron chi connectivity index (χ4n) is 0.730. The minimum atomic E-state index is -1.09. The maximum atomic E-state index is 11.2. The van der Waals surface area contributed by atoms with Crippen molar-refractivity contribution in [1.29, 1.82) is 0 Å². The highest BCUT2D eigenvalue weighted by Gasteiger charge is 2.17. The molecule has 0 spiro atoms. The molecule has 0 heterocycles. The molecular formula is C8H16N2O4. The van der Waals surface area contributed by atoms with Gasteiger partial charge in [-0.25, -0.2) is 9.59 Å². The second-order valence-corrected chi connectivity index (χ2v) is 2.76. The zero-order valence-corrected chi connectivity index (χ0v) is 8.61. The molecule has 0 aromatic heterocycles. The van der Waals surface area contributed by atoms with E-state index in [0.717, 1.165) is 0 Å². The van der Waals surface area contributed by atoms with Gasteiger partial charge in [0.1, 0.15) is 0 Å². The molecule has 0 saturated heterocycles. The van der Waals surface area contributed by atoms with Gasteiger partial charge in [0.25, 0.3) is 0 Å². The van der Waals surface area contributed by atoms with Crippen LogP contribution in [0.1, 0.15) is 6.92 Å². The third-order valence-electron chi connectivity index (χ3n) is 1.82. The first kappa shape index (κ1) is 12.7. The summed E-state index contributed by atoms with van der Waals surface area (Å²) < 4.78 is 4.64. The molecule has 0 saturated carbocycles. The van der Waals surface area contributed by atoms with Gasteiger partial charge in [0, 0.05) is 20.7 Å². The van der Waals surface area contributed by atoms with Gasteiger partial charge >= 0.3 is 12.0 Å². The van der Waals surface area contributed by atoms with Crippen molar-refractivity contribution in [2.24, 2.45) is 0 Å². The van der Waals surface area contributed by atoms with Crippen molar-refractivity contribution in [3.8, 4) is 0 Å². The number of ether oxygens (including phenoxy) is 1. The maximum Gasteiger partial charge on any atom is 0.334 e. The number of methoxy groups -OCH3 is 1. The van der Waals surface area contributed by atoms with E-state index in [2.05, 4.69) is 10.1 Å². The zero-order valence-electron chi connectivity index (χ0n) is 8.61. The summed E-state index contributed by atoms with van der Waals surface area (Å²) in [6.45, 7) is 2.36. The van der Waals surface area contributed by atoms with Crippen LogP contribution in [0.25, 0.3) is 0 Å². The number of nitrogens with one attached hydrogen (secondary N) is 1. The molecule has 82 valence electrons. The molecule has 0 aliphatic heterocycles. The fourth-order valence-corrected chi connectivity index (χ4v) is 0.730. The lowest BCUT2D eigenvalue weighted by molar-refractivity contribution is -0.148. The molecule has 0 fully saturated rings. The van der Waals surface area contributed by atoms with E-state index in [9.17, 15) is 9.59 Å². The summed E-state index contributed by atoms with van der Waals surface area (Å²) in [4.78, 5) is 23.1. The number of rotatable bonds is 5. The largest absolute Gasteiger partial charge is 0.479 e. The highest BCUT2D eigenvalue weighted by atomic mass is 16.5. The van der Waals surface area contributed by atoms with Crippen molar-refractivity contribution in [2.75, 3.05) is 27.2 Å². The fraction of sp³-hybridized carbons (Fsp3) is 0.750. The van der Waals surface area contributed by atoms with Gasteiger partial charge in [-0.05, 0) is 6.92 Å². The predicted octanol–water partition coefficient (Wildman–Crippen LogP) is -0.253. The van der Waals surface area contributed by atoms with Crippen LogP contribution in [0.3, 0.4) is 0 Å². The standard InChI is InChI=1S/C8H16N2O4/c1-4-10(2)8(13)9-5-6(14-3)7(11)12/h6H,4-5H2,1-3H3,(H,9,13)(H,11,12). The molecule has 0 aliphatic rings. The Kier molecular flexibility index (Phi) is 5.62. The minimum absolute atomic E-state index is 0.0327. The lowest BCUT2D eigenvalue weighted by Crippen LogP contribution is -2.43. The Morgan fingerprint density at radius 1 is 1.57 bits per heavy atom. The Bertz CT molecular complexity index is 208. The van der Waals surface area contributed by atoms with Gasteiger partial charge in [-0.3, -0.25) is 0 Å². The van der Waals surface area contributed by atoms with Crippen molar-refractivity contribution in [3.63, 3.8) is 0 Å². The molecule has 0 bridgehead atoms. The van der Waals surface area contributed by atoms with Crippen LogP contribution >= 0.6 is 0 Å². The lowest BCUT2D eigenvalue weighted by Gasteiger charge is -2.17. The number of carbonyl (C=O) groups excluding carboxylic acids is 1. The van der Waals surface area contributed by atoms with Crippen LogP contribution in [-0.4, -0.2) is 55.4 Å². The zero-order chi connectivity index (χ0) is 11.1. The highest BCUT2D eigenvalue weighted by molar-refractivity contribution is 5.76. The predicted molar refractivity (Wildman–Crippen MR) is 50.1 cm³/mol. The second kappa shape index (κ2) is 6.20. The number of hydrogen-bond acceptors (Lipinski definition) is 3. The van der Waals surface area contributed by atoms with E-state index in [1.54, 1.807) is 7.05 Å². The normalized spacial score (nSPS) is 11.9. The van der Waals surface area contributed by atoms with Crippen molar-refractivity contribution in [2.45, 2.75) is 13.0 Å². The van der Waals surface area contributed by atoms with E-state index in [-0.39, 0.29) is 12.6 Å². The molecule has 6 nitrogen and oxygen atoms in total. The van der Waals surface area contributed by atoms with Crippen molar-refractivity contribution in [3.05, 3.63) is 0 Å². The Labute approximate surface area is 82.8 Å². The molecule has 0 radical (unpaired) electrons. The van der Waals surface area contributed by atoms with Crippen LogP contribution < -0.4 is 5.32 Å². The highest BCUT2D eigenvalue weighted by Crippen LogP contribution is 1.89. The molecule has 1 unspecified atom stereocenters. The van der Waals surface area contributed by atoms with E-state index in [4.69, 9.17) is 5.11 Å². The monoisotopic (exact) mass is 204 g/mol. The van der Waals surface area contributed by atoms with Crippen molar-refractivity contribution < 1.29 is 19.4 Å². The van der Waals surface area contributed by atoms with Gasteiger partial charge in [-0.15, -0.1) is 0 Å². The summed E-state index contributed by atoms with van der Waals surface area (Å²) in [5, 5.41) is 11.0. The van der Waals surface area contributed by atoms with Crippen LogP contribution in [0.15, 0.2) is 0 Å². The Morgan fingerprint density at radius 3 is 2.50 bits per heavy atom. The number of aliphatic carboxylic acids is 1. The van der Waals surface area contributed by atoms with Crippen LogP contribution in [0.4, 0.5) is 4.79 Å². The molecule has 1 atom stereocenters. The summed E-state index contributed by atoms with van der Waals surface area (Å²) in [5.41, 5.74) is 0. The van der Waals surface area contributed by atoms with Crippen LogP contribution in [0.5, 0.6) is 0 Å². The first-order valence-corrected chi connectivity index (χ1v) is 4.27. The van der Waals surface area contributed by atoms with Crippen LogP contribution in [0, 0.1) is 0 Å². The maximum absolute atomic E-state index is 11.2. The SMILES string of the molecule is CCN(C)C(=O)NCC(OC)C(=O)O. The minimum Gasteiger partial charge on any atom is -0.479 e. The third-order valence-corrected chi connectivity index (χ3v) is 1.82. The number of carboxylic acids is 1. The summed E-state index contributed by atoms with van der Waals surface area (Å²) in [6, 6.07) is -0.309. The molecule has 0 aromatic rings. The summed E-state index contributed by atoms with van der Waals surface area (Å²) in [5.74, 6) is -1.09. The van der Waals surface area contributed by atoms with E-state index in [1.807, 2.05) is 6.92 Å². The van der Waals surface area contributed by atoms with Gasteiger partial charge in [-0.1, -0.05) is 0 Å². The third kappa shape index (κ3) is 4.08. The van der Waals surface area contributed by atoms with Crippen LogP contribution in [0.2, 0.25) is 0 Å². The first-order chi connectivity index (χ1) is 6.52. The first-order valence-electron chi connectivity index (χ1n) is 4.27. The molecule has 0 aromatic carbocycles. The van der Waals surface area contributed by atoms with Crippen LogP contribution in [-0.2, 0) is 9.53 Å². The van der Waals surface area contributed by atoms with Gasteiger partial charge in [0.05, 0.1) is 6.54 Å². The summed E-state index contributed by atoms with van der Waals surface area (Å²) >= 11 is 0. The van der Waals surface area contributed by atoms with E-state index < -0.39 is 12.1 Å². The van der Waals surface area contributed by atoms with Crippen molar-refractivity contribution >= 4 is 12.0 Å². The molecule has 2 N–H and O–H groups in total. The quantitative estimate of drug-likeness (QED) is 0.647. The lowest BCUT2D eigenvalue weighted by atomic mass is 10.3. The van der Waals surface area contributed by atoms with Gasteiger partial charge in [0.15, 0.2) is 6.10 Å². The average Bonchev–Trinajstić information content (AvgIpc) is 2.16. The Balaban J connectivity index is 3.91. The summed E-state index contributed by atoms with van der Waals surface area (Å²) in [7, 11) is 2.91. The van der Waals surface area contributed by atoms with Gasteiger partial charge in [-0.2, -0.15) is 0 Å². The number of carbonyl (C=O) groups is 2. The van der Waals surface area contributed by atoms with E-state index >= 15 is 0 Å². The number of amides is 2. The number of hydrogen-bond donors (Lipinski definition) is 2.